The third-order valence-corrected chi connectivity index (χ3v) is 8.31. The van der Waals surface area contributed by atoms with Crippen molar-refractivity contribution < 1.29 is 29.3 Å². The fourth-order valence-corrected chi connectivity index (χ4v) is 5.84. The Kier molecular flexibility index (Phi) is 7.00. The molecule has 2 saturated heterocycles. The Labute approximate surface area is 201 Å². The van der Waals surface area contributed by atoms with Gasteiger partial charge in [0.2, 0.25) is 0 Å². The zero-order valence-electron chi connectivity index (χ0n) is 20.6. The second-order valence-electron chi connectivity index (χ2n) is 10.9. The smallest absolute Gasteiger partial charge is 0.309 e. The van der Waals surface area contributed by atoms with Gasteiger partial charge in [-0.2, -0.15) is 0 Å². The van der Waals surface area contributed by atoms with Crippen LogP contribution in [0.2, 0.25) is 0 Å². The number of ketones is 1. The number of nitrogens with zero attached hydrogens (tertiary/aromatic N) is 1. The van der Waals surface area contributed by atoms with Crippen LogP contribution < -0.4 is 0 Å². The molecule has 4 rings (SSSR count). The van der Waals surface area contributed by atoms with Crippen molar-refractivity contribution in [3.63, 3.8) is 0 Å². The predicted molar refractivity (Wildman–Crippen MR) is 127 cm³/mol. The first-order valence-corrected chi connectivity index (χ1v) is 12.4. The van der Waals surface area contributed by atoms with Crippen LogP contribution in [0.4, 0.5) is 0 Å². The number of aliphatic hydroxyl groups excluding tert-OH is 2. The van der Waals surface area contributed by atoms with E-state index in [1.54, 1.807) is 20.0 Å². The maximum absolute atomic E-state index is 13.1. The summed E-state index contributed by atoms with van der Waals surface area (Å²) >= 11 is 0. The number of aliphatic hydroxyl groups is 2. The van der Waals surface area contributed by atoms with Gasteiger partial charge in [0.1, 0.15) is 11.9 Å². The molecule has 8 atom stereocenters. The summed E-state index contributed by atoms with van der Waals surface area (Å²) in [5.41, 5.74) is 0.241. The van der Waals surface area contributed by atoms with E-state index in [4.69, 9.17) is 9.47 Å². The topological polar surface area (TPSA) is 109 Å². The monoisotopic (exact) mass is 471 g/mol. The van der Waals surface area contributed by atoms with Crippen LogP contribution in [-0.2, 0) is 19.1 Å². The lowest BCUT2D eigenvalue weighted by molar-refractivity contribution is -0.161. The minimum Gasteiger partial charge on any atom is -0.458 e. The van der Waals surface area contributed by atoms with Crippen LogP contribution in [0.5, 0.6) is 0 Å². The van der Waals surface area contributed by atoms with Gasteiger partial charge in [0.15, 0.2) is 0 Å². The highest BCUT2D eigenvalue weighted by molar-refractivity contribution is 5.89. The average molecular weight is 472 g/mol. The van der Waals surface area contributed by atoms with E-state index in [-0.39, 0.29) is 29.8 Å². The van der Waals surface area contributed by atoms with Crippen LogP contribution in [-0.4, -0.2) is 57.0 Å². The number of hydrogen-bond donors (Lipinski definition) is 2. The molecule has 3 heterocycles. The van der Waals surface area contributed by atoms with Gasteiger partial charge in [-0.3, -0.25) is 14.6 Å². The van der Waals surface area contributed by atoms with Gasteiger partial charge in [-0.1, -0.05) is 26.3 Å². The summed E-state index contributed by atoms with van der Waals surface area (Å²) in [6, 6.07) is 5.63. The molecular weight excluding hydrogens is 434 g/mol. The van der Waals surface area contributed by atoms with E-state index in [1.165, 1.54) is 0 Å². The number of fused-ring (bicyclic) bond motifs is 3. The van der Waals surface area contributed by atoms with Crippen molar-refractivity contribution in [2.75, 3.05) is 0 Å². The van der Waals surface area contributed by atoms with Crippen molar-refractivity contribution in [2.45, 2.75) is 96.2 Å². The first-order chi connectivity index (χ1) is 16.0. The lowest BCUT2D eigenvalue weighted by Crippen LogP contribution is -2.54. The van der Waals surface area contributed by atoms with Crippen LogP contribution in [0.25, 0.3) is 6.08 Å². The first-order valence-electron chi connectivity index (χ1n) is 12.4. The van der Waals surface area contributed by atoms with Crippen molar-refractivity contribution >= 4 is 17.8 Å². The molecule has 0 aromatic carbocycles. The number of esters is 1. The summed E-state index contributed by atoms with van der Waals surface area (Å²) in [5.74, 6) is -1.43. The van der Waals surface area contributed by atoms with E-state index in [1.807, 2.05) is 31.2 Å². The maximum atomic E-state index is 13.1. The fourth-order valence-electron chi connectivity index (χ4n) is 5.84. The number of carbonyl (C=O) groups excluding carboxylic acids is 2. The van der Waals surface area contributed by atoms with E-state index < -0.39 is 35.6 Å². The van der Waals surface area contributed by atoms with E-state index >= 15 is 0 Å². The molecule has 3 fully saturated rings. The fraction of sp³-hybridized carbons (Fsp3) is 0.667. The lowest BCUT2D eigenvalue weighted by atomic mass is 9.60. The molecule has 186 valence electrons. The Hall–Kier alpha value is -2.09. The van der Waals surface area contributed by atoms with E-state index in [0.717, 1.165) is 30.5 Å². The molecule has 0 spiro atoms. The Balaban J connectivity index is 1.59. The number of aromatic nitrogens is 1. The van der Waals surface area contributed by atoms with Gasteiger partial charge in [0.05, 0.1) is 41.4 Å². The second kappa shape index (κ2) is 9.51. The van der Waals surface area contributed by atoms with Crippen LogP contribution in [0.3, 0.4) is 0 Å². The average Bonchev–Trinajstić information content (AvgIpc) is 3.44. The predicted octanol–water partition coefficient (Wildman–Crippen LogP) is 3.47. The number of ether oxygens (including phenoxy) is 2. The normalized spacial score (nSPS) is 41.8. The SMILES string of the molecule is C/C(=C\c1ccccn1)[C@@H]1C[C@@H]2O[C@]2(C)CCCC2CC(C)(C(=O)C(C)[C@H]2O)C(O)CC(=O)O1. The maximum Gasteiger partial charge on any atom is 0.309 e. The number of Topliss-reactive ketones (excluding diaryl/α,β-unsaturated/α-hetero) is 1. The van der Waals surface area contributed by atoms with Crippen molar-refractivity contribution in [2.24, 2.45) is 17.3 Å². The summed E-state index contributed by atoms with van der Waals surface area (Å²) in [7, 11) is 0. The number of epoxide rings is 1. The van der Waals surface area contributed by atoms with Crippen molar-refractivity contribution in [1.29, 1.82) is 0 Å². The van der Waals surface area contributed by atoms with Crippen molar-refractivity contribution in [3.05, 3.63) is 35.7 Å². The number of cyclic esters (lactones) is 1. The molecule has 7 heteroatoms. The van der Waals surface area contributed by atoms with Crippen LogP contribution in [0.1, 0.15) is 71.9 Å². The number of carbonyl (C=O) groups is 2. The first kappa shape index (κ1) is 25.0. The summed E-state index contributed by atoms with van der Waals surface area (Å²) in [5, 5.41) is 21.8. The van der Waals surface area contributed by atoms with Crippen molar-refractivity contribution in [1.82, 2.24) is 4.98 Å². The van der Waals surface area contributed by atoms with Gasteiger partial charge in [-0.25, -0.2) is 0 Å². The molecule has 3 aliphatic rings. The molecule has 2 aliphatic heterocycles. The van der Waals surface area contributed by atoms with E-state index in [0.29, 0.717) is 12.8 Å². The number of hydrogen-bond acceptors (Lipinski definition) is 7. The largest absolute Gasteiger partial charge is 0.458 e. The molecule has 0 amide bonds. The molecule has 7 nitrogen and oxygen atoms in total. The summed E-state index contributed by atoms with van der Waals surface area (Å²) in [6.07, 6.45) is 4.19. The third-order valence-electron chi connectivity index (χ3n) is 8.31. The van der Waals surface area contributed by atoms with Crippen molar-refractivity contribution in [3.8, 4) is 0 Å². The number of rotatable bonds is 2. The molecule has 2 bridgehead atoms. The Morgan fingerprint density at radius 3 is 2.71 bits per heavy atom. The standard InChI is InChI=1S/C27H37NO6/c1-16(12-19-9-5-6-11-28-19)20-13-22-27(4,34-22)10-7-8-18-15-26(3,21(29)14-23(30)33-20)25(32)17(2)24(18)31/h5-6,9,11-12,17-18,20-22,24,29,31H,7-8,10,13-15H2,1-4H3/b16-12+/t17?,18?,20-,21?,22-,24+,26?,27+/m0/s1. The molecule has 1 aromatic heterocycles. The summed E-state index contributed by atoms with van der Waals surface area (Å²) in [6.45, 7) is 7.43. The van der Waals surface area contributed by atoms with Gasteiger partial charge in [-0.05, 0) is 62.8 Å². The lowest BCUT2D eigenvalue weighted by Gasteiger charge is -2.45. The van der Waals surface area contributed by atoms with Crippen LogP contribution >= 0.6 is 0 Å². The van der Waals surface area contributed by atoms with E-state index in [9.17, 15) is 19.8 Å². The zero-order valence-corrected chi connectivity index (χ0v) is 20.6. The molecule has 1 aromatic rings. The highest BCUT2D eigenvalue weighted by Gasteiger charge is 2.55. The quantitative estimate of drug-likeness (QED) is 0.502. The van der Waals surface area contributed by atoms with E-state index in [2.05, 4.69) is 11.9 Å². The van der Waals surface area contributed by atoms with Gasteiger partial charge in [0, 0.05) is 18.5 Å². The Morgan fingerprint density at radius 1 is 1.24 bits per heavy atom. The molecule has 0 radical (unpaired) electrons. The third kappa shape index (κ3) is 4.97. The van der Waals surface area contributed by atoms with Crippen LogP contribution in [0.15, 0.2) is 30.0 Å². The second-order valence-corrected chi connectivity index (χ2v) is 10.9. The molecule has 4 unspecified atom stereocenters. The van der Waals surface area contributed by atoms with Gasteiger partial charge in [-0.15, -0.1) is 0 Å². The number of pyridine rings is 1. The van der Waals surface area contributed by atoms with Crippen LogP contribution in [0, 0.1) is 17.3 Å². The minimum atomic E-state index is -1.17. The minimum absolute atomic E-state index is 0.0349. The molecule has 1 saturated carbocycles. The molecular formula is C27H37NO6. The highest BCUT2D eigenvalue weighted by Crippen LogP contribution is 2.48. The summed E-state index contributed by atoms with van der Waals surface area (Å²) < 4.78 is 11.9. The Bertz CT molecular complexity index is 948. The highest BCUT2D eigenvalue weighted by atomic mass is 16.6. The zero-order chi connectivity index (χ0) is 24.7. The Morgan fingerprint density at radius 2 is 2.00 bits per heavy atom. The van der Waals surface area contributed by atoms with Gasteiger partial charge in [0.25, 0.3) is 0 Å². The molecule has 34 heavy (non-hydrogen) atoms. The molecule has 2 N–H and O–H groups in total. The van der Waals surface area contributed by atoms with Gasteiger partial charge < -0.3 is 19.7 Å². The summed E-state index contributed by atoms with van der Waals surface area (Å²) in [4.78, 5) is 30.4. The molecule has 1 aliphatic carbocycles. The van der Waals surface area contributed by atoms with Gasteiger partial charge >= 0.3 is 5.97 Å².